The zero-order valence-electron chi connectivity index (χ0n) is 10.8. The molecule has 3 aromatic rings. The minimum atomic E-state index is -0.191. The van der Waals surface area contributed by atoms with E-state index in [4.69, 9.17) is 0 Å². The van der Waals surface area contributed by atoms with Gasteiger partial charge in [0.2, 0.25) is 0 Å². The Bertz CT molecular complexity index is 721. The van der Waals surface area contributed by atoms with E-state index in [2.05, 4.69) is 10.6 Å². The molecule has 0 fully saturated rings. The summed E-state index contributed by atoms with van der Waals surface area (Å²) in [5.41, 5.74) is 1.89. The van der Waals surface area contributed by atoms with Gasteiger partial charge in [0, 0.05) is 16.9 Å². The number of amides is 2. The van der Waals surface area contributed by atoms with Gasteiger partial charge in [-0.15, -0.1) is 11.3 Å². The van der Waals surface area contributed by atoms with Crippen LogP contribution in [0.15, 0.2) is 60.0 Å². The number of carbonyl (C=O) groups is 1. The smallest absolute Gasteiger partial charge is 0.319 e. The van der Waals surface area contributed by atoms with Crippen LogP contribution in [0.5, 0.6) is 0 Å². The quantitative estimate of drug-likeness (QED) is 0.742. The SMILES string of the molecule is O=C(NCc1ccccc1)Nc1ccc2sccc2c1. The first-order chi connectivity index (χ1) is 9.81. The third kappa shape index (κ3) is 2.97. The van der Waals surface area contributed by atoms with E-state index >= 15 is 0 Å². The lowest BCUT2D eigenvalue weighted by Gasteiger charge is -2.07. The number of hydrogen-bond donors (Lipinski definition) is 2. The minimum Gasteiger partial charge on any atom is -0.334 e. The highest BCUT2D eigenvalue weighted by molar-refractivity contribution is 7.17. The Balaban J connectivity index is 1.61. The third-order valence-corrected chi connectivity index (χ3v) is 3.90. The average Bonchev–Trinajstić information content (AvgIpc) is 2.94. The van der Waals surface area contributed by atoms with E-state index in [0.29, 0.717) is 6.54 Å². The van der Waals surface area contributed by atoms with Gasteiger partial charge in [-0.05, 0) is 40.6 Å². The minimum absolute atomic E-state index is 0.191. The summed E-state index contributed by atoms with van der Waals surface area (Å²) < 4.78 is 1.22. The van der Waals surface area contributed by atoms with Crippen molar-refractivity contribution in [3.63, 3.8) is 0 Å². The normalized spacial score (nSPS) is 10.4. The molecule has 0 saturated heterocycles. The van der Waals surface area contributed by atoms with E-state index in [9.17, 15) is 4.79 Å². The molecule has 2 N–H and O–H groups in total. The molecule has 0 spiro atoms. The van der Waals surface area contributed by atoms with Crippen LogP contribution in [0.3, 0.4) is 0 Å². The van der Waals surface area contributed by atoms with Crippen molar-refractivity contribution < 1.29 is 4.79 Å². The Hall–Kier alpha value is -2.33. The molecule has 20 heavy (non-hydrogen) atoms. The van der Waals surface area contributed by atoms with Crippen molar-refractivity contribution in [3.05, 3.63) is 65.5 Å². The summed E-state index contributed by atoms with van der Waals surface area (Å²) in [6.07, 6.45) is 0. The first kappa shape index (κ1) is 12.7. The van der Waals surface area contributed by atoms with Gasteiger partial charge in [0.25, 0.3) is 0 Å². The zero-order valence-corrected chi connectivity index (χ0v) is 11.6. The van der Waals surface area contributed by atoms with Crippen molar-refractivity contribution in [2.45, 2.75) is 6.54 Å². The van der Waals surface area contributed by atoms with Crippen molar-refractivity contribution >= 4 is 33.1 Å². The lowest BCUT2D eigenvalue weighted by Crippen LogP contribution is -2.28. The second-order valence-corrected chi connectivity index (χ2v) is 5.41. The molecular weight excluding hydrogens is 268 g/mol. The first-order valence-electron chi connectivity index (χ1n) is 6.37. The molecule has 0 atom stereocenters. The van der Waals surface area contributed by atoms with Gasteiger partial charge in [0.1, 0.15) is 0 Å². The fourth-order valence-corrected chi connectivity index (χ4v) is 2.77. The number of benzene rings is 2. The Morgan fingerprint density at radius 3 is 2.75 bits per heavy atom. The van der Waals surface area contributed by atoms with E-state index < -0.39 is 0 Å². The van der Waals surface area contributed by atoms with Crippen LogP contribution in [0.1, 0.15) is 5.56 Å². The summed E-state index contributed by atoms with van der Waals surface area (Å²) in [5, 5.41) is 8.89. The summed E-state index contributed by atoms with van der Waals surface area (Å²) in [6, 6.07) is 17.6. The predicted octanol–water partition coefficient (Wildman–Crippen LogP) is 4.22. The Labute approximate surface area is 121 Å². The van der Waals surface area contributed by atoms with E-state index in [-0.39, 0.29) is 6.03 Å². The van der Waals surface area contributed by atoms with Crippen molar-refractivity contribution in [2.24, 2.45) is 0 Å². The Kier molecular flexibility index (Phi) is 3.65. The molecule has 0 aliphatic carbocycles. The molecule has 1 heterocycles. The van der Waals surface area contributed by atoms with E-state index in [1.807, 2.05) is 60.0 Å². The number of hydrogen-bond acceptors (Lipinski definition) is 2. The Morgan fingerprint density at radius 1 is 1.05 bits per heavy atom. The maximum absolute atomic E-state index is 11.8. The molecule has 4 heteroatoms. The standard InChI is InChI=1S/C16H14N2OS/c19-16(17-11-12-4-2-1-3-5-12)18-14-6-7-15-13(10-14)8-9-20-15/h1-10H,11H2,(H2,17,18,19). The van der Waals surface area contributed by atoms with Gasteiger partial charge >= 0.3 is 6.03 Å². The van der Waals surface area contributed by atoms with Crippen molar-refractivity contribution in [3.8, 4) is 0 Å². The molecule has 1 aromatic heterocycles. The van der Waals surface area contributed by atoms with Gasteiger partial charge < -0.3 is 10.6 Å². The molecule has 0 bridgehead atoms. The average molecular weight is 282 g/mol. The topological polar surface area (TPSA) is 41.1 Å². The fraction of sp³-hybridized carbons (Fsp3) is 0.0625. The highest BCUT2D eigenvalue weighted by atomic mass is 32.1. The van der Waals surface area contributed by atoms with Crippen molar-refractivity contribution in [1.82, 2.24) is 5.32 Å². The summed E-state index contributed by atoms with van der Waals surface area (Å²) in [7, 11) is 0. The second kappa shape index (κ2) is 5.75. The molecule has 0 saturated carbocycles. The number of thiophene rings is 1. The van der Waals surface area contributed by atoms with Gasteiger partial charge in [0.05, 0.1) is 0 Å². The molecule has 0 unspecified atom stereocenters. The number of fused-ring (bicyclic) bond motifs is 1. The fourth-order valence-electron chi connectivity index (χ4n) is 2.00. The van der Waals surface area contributed by atoms with Crippen LogP contribution in [-0.2, 0) is 6.54 Å². The summed E-state index contributed by atoms with van der Waals surface area (Å²) in [5.74, 6) is 0. The number of rotatable bonds is 3. The number of carbonyl (C=O) groups excluding carboxylic acids is 1. The predicted molar refractivity (Wildman–Crippen MR) is 84.1 cm³/mol. The monoisotopic (exact) mass is 282 g/mol. The van der Waals surface area contributed by atoms with Crippen LogP contribution in [0.25, 0.3) is 10.1 Å². The van der Waals surface area contributed by atoms with Crippen LogP contribution in [0.2, 0.25) is 0 Å². The lowest BCUT2D eigenvalue weighted by atomic mass is 10.2. The van der Waals surface area contributed by atoms with E-state index in [1.165, 1.54) is 4.70 Å². The molecule has 2 aromatic carbocycles. The molecular formula is C16H14N2OS. The number of urea groups is 1. The van der Waals surface area contributed by atoms with Crippen molar-refractivity contribution in [2.75, 3.05) is 5.32 Å². The van der Waals surface area contributed by atoms with Crippen LogP contribution in [0, 0.1) is 0 Å². The van der Waals surface area contributed by atoms with E-state index in [1.54, 1.807) is 11.3 Å². The third-order valence-electron chi connectivity index (χ3n) is 3.01. The van der Waals surface area contributed by atoms with Gasteiger partial charge in [-0.1, -0.05) is 30.3 Å². The molecule has 0 radical (unpaired) electrons. The van der Waals surface area contributed by atoms with Gasteiger partial charge in [0.15, 0.2) is 0 Å². The van der Waals surface area contributed by atoms with Crippen LogP contribution in [-0.4, -0.2) is 6.03 Å². The van der Waals surface area contributed by atoms with Crippen LogP contribution in [0.4, 0.5) is 10.5 Å². The lowest BCUT2D eigenvalue weighted by molar-refractivity contribution is 0.251. The molecule has 0 aliphatic heterocycles. The molecule has 0 aliphatic rings. The van der Waals surface area contributed by atoms with Gasteiger partial charge in [-0.25, -0.2) is 4.79 Å². The van der Waals surface area contributed by atoms with Gasteiger partial charge in [-0.3, -0.25) is 0 Å². The first-order valence-corrected chi connectivity index (χ1v) is 7.25. The highest BCUT2D eigenvalue weighted by Crippen LogP contribution is 2.23. The van der Waals surface area contributed by atoms with E-state index in [0.717, 1.165) is 16.6 Å². The van der Waals surface area contributed by atoms with Crippen LogP contribution >= 0.6 is 11.3 Å². The molecule has 100 valence electrons. The van der Waals surface area contributed by atoms with Crippen molar-refractivity contribution in [1.29, 1.82) is 0 Å². The van der Waals surface area contributed by atoms with Gasteiger partial charge in [-0.2, -0.15) is 0 Å². The maximum Gasteiger partial charge on any atom is 0.319 e. The van der Waals surface area contributed by atoms with Crippen LogP contribution < -0.4 is 10.6 Å². The Morgan fingerprint density at radius 2 is 1.90 bits per heavy atom. The summed E-state index contributed by atoms with van der Waals surface area (Å²) in [6.45, 7) is 0.521. The highest BCUT2D eigenvalue weighted by Gasteiger charge is 2.03. The number of nitrogens with one attached hydrogen (secondary N) is 2. The molecule has 3 nitrogen and oxygen atoms in total. The largest absolute Gasteiger partial charge is 0.334 e. The summed E-state index contributed by atoms with van der Waals surface area (Å²) in [4.78, 5) is 11.8. The maximum atomic E-state index is 11.8. The second-order valence-electron chi connectivity index (χ2n) is 4.47. The molecule has 2 amide bonds. The number of anilines is 1. The molecule has 3 rings (SSSR count). The summed E-state index contributed by atoms with van der Waals surface area (Å²) >= 11 is 1.69. The zero-order chi connectivity index (χ0) is 13.8.